The van der Waals surface area contributed by atoms with Gasteiger partial charge in [-0.2, -0.15) is 0 Å². The molecule has 3 atom stereocenters. The summed E-state index contributed by atoms with van der Waals surface area (Å²) in [6.07, 6.45) is 0.956. The highest BCUT2D eigenvalue weighted by atomic mass is 32.2. The molecule has 0 unspecified atom stereocenters. The highest BCUT2D eigenvalue weighted by molar-refractivity contribution is 7.84. The van der Waals surface area contributed by atoms with Crippen molar-refractivity contribution in [1.82, 2.24) is 4.72 Å². The molecule has 0 bridgehead atoms. The summed E-state index contributed by atoms with van der Waals surface area (Å²) in [6, 6.07) is 6.91. The van der Waals surface area contributed by atoms with Gasteiger partial charge in [0.2, 0.25) is 0 Å². The van der Waals surface area contributed by atoms with Gasteiger partial charge in [-0.1, -0.05) is 31.1 Å². The third kappa shape index (κ3) is 9.15. The minimum absolute atomic E-state index is 0.123. The maximum atomic E-state index is 13.0. The Labute approximate surface area is 181 Å². The summed E-state index contributed by atoms with van der Waals surface area (Å²) in [6.45, 7) is 10.00. The van der Waals surface area contributed by atoms with Crippen LogP contribution in [0.25, 0.3) is 10.4 Å². The quantitative estimate of drug-likeness (QED) is 0.224. The molecule has 0 spiro atoms. The predicted octanol–water partition coefficient (Wildman–Crippen LogP) is 4.52. The fourth-order valence-electron chi connectivity index (χ4n) is 2.82. The Morgan fingerprint density at radius 1 is 1.27 bits per heavy atom. The molecule has 8 nitrogen and oxygen atoms in total. The second-order valence-corrected chi connectivity index (χ2v) is 10.5. The van der Waals surface area contributed by atoms with Crippen LogP contribution in [0.1, 0.15) is 53.0 Å². The minimum atomic E-state index is -1.35. The van der Waals surface area contributed by atoms with Gasteiger partial charge < -0.3 is 9.47 Å². The van der Waals surface area contributed by atoms with Crippen LogP contribution < -0.4 is 9.46 Å². The first kappa shape index (κ1) is 25.9. The van der Waals surface area contributed by atoms with Crippen LogP contribution in [-0.4, -0.2) is 34.6 Å². The van der Waals surface area contributed by atoms with E-state index in [0.717, 1.165) is 11.3 Å². The Bertz CT molecular complexity index is 740. The number of benzene rings is 1. The minimum Gasteiger partial charge on any atom is -0.497 e. The maximum Gasteiger partial charge on any atom is 0.310 e. The van der Waals surface area contributed by atoms with Gasteiger partial charge in [-0.25, -0.2) is 8.93 Å². The predicted molar refractivity (Wildman–Crippen MR) is 119 cm³/mol. The number of nitrogens with one attached hydrogen (secondary N) is 1. The summed E-state index contributed by atoms with van der Waals surface area (Å²) < 4.78 is 26.1. The molecule has 0 aliphatic rings. The van der Waals surface area contributed by atoms with Crippen molar-refractivity contribution < 1.29 is 18.5 Å². The molecule has 1 aromatic carbocycles. The van der Waals surface area contributed by atoms with Crippen LogP contribution in [0.5, 0.6) is 5.75 Å². The zero-order valence-electron chi connectivity index (χ0n) is 18.8. The summed E-state index contributed by atoms with van der Waals surface area (Å²) in [5, 5.41) is 3.58. The van der Waals surface area contributed by atoms with E-state index in [-0.39, 0.29) is 25.1 Å². The van der Waals surface area contributed by atoms with E-state index in [1.165, 1.54) is 0 Å². The van der Waals surface area contributed by atoms with Gasteiger partial charge in [-0.05, 0) is 62.8 Å². The average Bonchev–Trinajstić information content (AvgIpc) is 2.68. The number of nitrogens with zero attached hydrogens (tertiary/aromatic N) is 3. The normalized spacial score (nSPS) is 14.5. The molecule has 0 aromatic heterocycles. The largest absolute Gasteiger partial charge is 0.497 e. The van der Waals surface area contributed by atoms with Crippen molar-refractivity contribution in [2.24, 2.45) is 17.0 Å². The number of ether oxygens (including phenoxy) is 2. The molecule has 0 aliphatic heterocycles. The number of methoxy groups -OCH3 is 1. The Morgan fingerprint density at radius 3 is 2.40 bits per heavy atom. The number of rotatable bonds is 12. The second-order valence-electron chi connectivity index (χ2n) is 8.54. The van der Waals surface area contributed by atoms with Crippen molar-refractivity contribution in [3.8, 4) is 5.75 Å². The molecule has 0 amide bonds. The van der Waals surface area contributed by atoms with Gasteiger partial charge in [0, 0.05) is 17.5 Å². The third-order valence-electron chi connectivity index (χ3n) is 4.47. The average molecular weight is 439 g/mol. The fourth-order valence-corrected chi connectivity index (χ4v) is 3.71. The van der Waals surface area contributed by atoms with E-state index in [4.69, 9.17) is 15.0 Å². The van der Waals surface area contributed by atoms with Crippen molar-refractivity contribution in [1.29, 1.82) is 0 Å². The Balaban J connectivity index is 2.98. The summed E-state index contributed by atoms with van der Waals surface area (Å²) in [7, 11) is 0.243. The van der Waals surface area contributed by atoms with E-state index in [2.05, 4.69) is 14.7 Å². The molecule has 1 aromatic rings. The number of carbonyl (C=O) groups is 1. The number of carbonyl (C=O) groups excluding carboxylic acids is 1. The molecule has 168 valence electrons. The highest BCUT2D eigenvalue weighted by Crippen LogP contribution is 2.22. The standard InChI is InChI=1S/C21H34N4O4S/c1-15(2)13-19(24-30(27)21(3,4)5)18(11-12-23-25-22)20(26)29-14-16-7-9-17(28-6)10-8-16/h7-10,15,18-19,24H,11-14H2,1-6H3/t18-,19+,30+/m0/s1. The van der Waals surface area contributed by atoms with E-state index in [9.17, 15) is 9.00 Å². The lowest BCUT2D eigenvalue weighted by Gasteiger charge is -2.30. The molecule has 0 heterocycles. The molecule has 1 N–H and O–H groups in total. The van der Waals surface area contributed by atoms with Crippen molar-refractivity contribution in [3.63, 3.8) is 0 Å². The molecule has 0 radical (unpaired) electrons. The van der Waals surface area contributed by atoms with Crippen LogP contribution in [0.4, 0.5) is 0 Å². The first-order chi connectivity index (χ1) is 14.1. The van der Waals surface area contributed by atoms with E-state index in [1.807, 2.05) is 46.8 Å². The van der Waals surface area contributed by atoms with Gasteiger partial charge in [-0.3, -0.25) is 4.79 Å². The SMILES string of the molecule is COc1ccc(COC(=O)[C@@H](CCN=[N+]=[N-])[C@@H](CC(C)C)N[S@](=O)C(C)(C)C)cc1. The van der Waals surface area contributed by atoms with Crippen LogP contribution in [0.2, 0.25) is 0 Å². The molecule has 0 aliphatic carbocycles. The van der Waals surface area contributed by atoms with E-state index < -0.39 is 27.6 Å². The van der Waals surface area contributed by atoms with Crippen molar-refractivity contribution >= 4 is 17.0 Å². The monoisotopic (exact) mass is 438 g/mol. The molecular formula is C21H34N4O4S. The molecule has 0 saturated carbocycles. The van der Waals surface area contributed by atoms with Gasteiger partial charge >= 0.3 is 5.97 Å². The zero-order chi connectivity index (χ0) is 22.7. The van der Waals surface area contributed by atoms with Crippen LogP contribution in [0.3, 0.4) is 0 Å². The Hall–Kier alpha value is -2.09. The summed E-state index contributed by atoms with van der Waals surface area (Å²) >= 11 is 0. The maximum absolute atomic E-state index is 13.0. The summed E-state index contributed by atoms with van der Waals surface area (Å²) in [5.41, 5.74) is 9.45. The number of hydrogen-bond acceptors (Lipinski definition) is 5. The smallest absolute Gasteiger partial charge is 0.310 e. The Kier molecular flexibility index (Phi) is 10.9. The molecular weight excluding hydrogens is 404 g/mol. The molecule has 1 rings (SSSR count). The van der Waals surface area contributed by atoms with Crippen LogP contribution >= 0.6 is 0 Å². The van der Waals surface area contributed by atoms with E-state index >= 15 is 0 Å². The zero-order valence-corrected chi connectivity index (χ0v) is 19.6. The molecule has 0 fully saturated rings. The number of esters is 1. The van der Waals surface area contributed by atoms with Crippen LogP contribution in [0.15, 0.2) is 29.4 Å². The van der Waals surface area contributed by atoms with Crippen LogP contribution in [-0.2, 0) is 27.1 Å². The fraction of sp³-hybridized carbons (Fsp3) is 0.667. The van der Waals surface area contributed by atoms with Crippen molar-refractivity contribution in [2.45, 2.75) is 64.9 Å². The first-order valence-electron chi connectivity index (χ1n) is 10.1. The number of azide groups is 1. The second kappa shape index (κ2) is 12.6. The lowest BCUT2D eigenvalue weighted by atomic mass is 9.90. The topological polar surface area (TPSA) is 113 Å². The van der Waals surface area contributed by atoms with Gasteiger partial charge in [0.15, 0.2) is 0 Å². The van der Waals surface area contributed by atoms with Gasteiger partial charge in [0.05, 0.1) is 28.8 Å². The van der Waals surface area contributed by atoms with Gasteiger partial charge in [0.1, 0.15) is 12.4 Å². The van der Waals surface area contributed by atoms with Gasteiger partial charge in [0.25, 0.3) is 0 Å². The van der Waals surface area contributed by atoms with Crippen LogP contribution in [0, 0.1) is 11.8 Å². The summed E-state index contributed by atoms with van der Waals surface area (Å²) in [5.74, 6) is 0.0180. The molecule has 0 saturated heterocycles. The highest BCUT2D eigenvalue weighted by Gasteiger charge is 2.33. The van der Waals surface area contributed by atoms with Gasteiger partial charge in [-0.15, -0.1) is 0 Å². The lowest BCUT2D eigenvalue weighted by Crippen LogP contribution is -2.47. The lowest BCUT2D eigenvalue weighted by molar-refractivity contribution is -0.151. The third-order valence-corrected chi connectivity index (χ3v) is 6.10. The molecule has 9 heteroatoms. The molecule has 30 heavy (non-hydrogen) atoms. The van der Waals surface area contributed by atoms with Crippen molar-refractivity contribution in [2.75, 3.05) is 13.7 Å². The van der Waals surface area contributed by atoms with E-state index in [1.54, 1.807) is 19.2 Å². The van der Waals surface area contributed by atoms with E-state index in [0.29, 0.717) is 12.8 Å². The number of hydrogen-bond donors (Lipinski definition) is 1. The van der Waals surface area contributed by atoms with Crippen molar-refractivity contribution in [3.05, 3.63) is 40.3 Å². The Morgan fingerprint density at radius 2 is 1.90 bits per heavy atom. The first-order valence-corrected chi connectivity index (χ1v) is 11.2. The summed E-state index contributed by atoms with van der Waals surface area (Å²) in [4.78, 5) is 15.7.